The molecule has 0 amide bonds. The minimum atomic E-state index is 0.387. The molecule has 1 aliphatic heterocycles. The van der Waals surface area contributed by atoms with E-state index >= 15 is 0 Å². The highest BCUT2D eigenvalue weighted by atomic mass is 15.1. The molecule has 0 bridgehead atoms. The Labute approximate surface area is 125 Å². The Morgan fingerprint density at radius 3 is 2.43 bits per heavy atom. The van der Waals surface area contributed by atoms with Gasteiger partial charge in [-0.15, -0.1) is 0 Å². The fourth-order valence-corrected chi connectivity index (χ4v) is 2.76. The molecule has 3 rings (SSSR count). The van der Waals surface area contributed by atoms with Gasteiger partial charge in [0, 0.05) is 18.2 Å². The van der Waals surface area contributed by atoms with Gasteiger partial charge in [0.25, 0.3) is 0 Å². The van der Waals surface area contributed by atoms with E-state index in [-0.39, 0.29) is 0 Å². The first-order chi connectivity index (χ1) is 10.2. The van der Waals surface area contributed by atoms with Crippen LogP contribution >= 0.6 is 0 Å². The molecule has 2 heterocycles. The van der Waals surface area contributed by atoms with Crippen molar-refractivity contribution in [1.29, 1.82) is 0 Å². The molecular weight excluding hydrogens is 260 g/mol. The lowest BCUT2D eigenvalue weighted by molar-refractivity contribution is 0.205. The standard InChI is InChI=1S/C17H22N4/c18-15-8-10-21(11-9-15)12-13-4-6-14(7-5-13)16-2-1-3-17(19)20-16/h1-7,15H,8-12,18H2,(H2,19,20). The highest BCUT2D eigenvalue weighted by Gasteiger charge is 2.15. The Morgan fingerprint density at radius 1 is 1.05 bits per heavy atom. The molecule has 0 saturated carbocycles. The third-order valence-corrected chi connectivity index (χ3v) is 4.06. The summed E-state index contributed by atoms with van der Waals surface area (Å²) >= 11 is 0. The van der Waals surface area contributed by atoms with Crippen molar-refractivity contribution in [2.24, 2.45) is 5.73 Å². The van der Waals surface area contributed by atoms with Crippen LogP contribution in [0.3, 0.4) is 0 Å². The van der Waals surface area contributed by atoms with Gasteiger partial charge in [0.05, 0.1) is 5.69 Å². The van der Waals surface area contributed by atoms with Crippen molar-refractivity contribution in [3.05, 3.63) is 48.0 Å². The monoisotopic (exact) mass is 282 g/mol. The second-order valence-electron chi connectivity index (χ2n) is 5.76. The van der Waals surface area contributed by atoms with E-state index in [0.717, 1.165) is 43.7 Å². The molecule has 4 nitrogen and oxygen atoms in total. The molecule has 0 spiro atoms. The summed E-state index contributed by atoms with van der Waals surface area (Å²) in [5.74, 6) is 0.557. The minimum absolute atomic E-state index is 0.387. The molecule has 0 aliphatic carbocycles. The summed E-state index contributed by atoms with van der Waals surface area (Å²) in [7, 11) is 0. The molecule has 4 N–H and O–H groups in total. The van der Waals surface area contributed by atoms with Crippen LogP contribution < -0.4 is 11.5 Å². The summed E-state index contributed by atoms with van der Waals surface area (Å²) in [6.45, 7) is 3.19. The number of nitrogen functional groups attached to an aromatic ring is 1. The first-order valence-electron chi connectivity index (χ1n) is 7.50. The van der Waals surface area contributed by atoms with Gasteiger partial charge in [0.1, 0.15) is 5.82 Å². The smallest absolute Gasteiger partial charge is 0.124 e. The Bertz CT molecular complexity index is 586. The molecule has 1 aromatic carbocycles. The van der Waals surface area contributed by atoms with Gasteiger partial charge in [-0.25, -0.2) is 4.98 Å². The zero-order valence-corrected chi connectivity index (χ0v) is 12.2. The van der Waals surface area contributed by atoms with Gasteiger partial charge in [0.15, 0.2) is 0 Å². The first kappa shape index (κ1) is 14.0. The molecule has 110 valence electrons. The van der Waals surface area contributed by atoms with Gasteiger partial charge < -0.3 is 11.5 Å². The number of pyridine rings is 1. The Morgan fingerprint density at radius 2 is 1.76 bits per heavy atom. The summed E-state index contributed by atoms with van der Waals surface area (Å²) in [4.78, 5) is 6.82. The number of anilines is 1. The largest absolute Gasteiger partial charge is 0.384 e. The topological polar surface area (TPSA) is 68.2 Å². The maximum Gasteiger partial charge on any atom is 0.124 e. The minimum Gasteiger partial charge on any atom is -0.384 e. The van der Waals surface area contributed by atoms with Gasteiger partial charge in [0.2, 0.25) is 0 Å². The van der Waals surface area contributed by atoms with Gasteiger partial charge in [-0.05, 0) is 43.6 Å². The first-order valence-corrected chi connectivity index (χ1v) is 7.50. The average Bonchev–Trinajstić information content (AvgIpc) is 2.50. The van der Waals surface area contributed by atoms with Crippen molar-refractivity contribution in [2.75, 3.05) is 18.8 Å². The van der Waals surface area contributed by atoms with Crippen LogP contribution in [0.25, 0.3) is 11.3 Å². The number of nitrogens with zero attached hydrogens (tertiary/aromatic N) is 2. The van der Waals surface area contributed by atoms with Gasteiger partial charge in [-0.1, -0.05) is 30.3 Å². The van der Waals surface area contributed by atoms with Gasteiger partial charge in [-0.3, -0.25) is 4.90 Å². The van der Waals surface area contributed by atoms with E-state index in [4.69, 9.17) is 11.5 Å². The van der Waals surface area contributed by atoms with E-state index in [0.29, 0.717) is 11.9 Å². The molecule has 4 heteroatoms. The maximum absolute atomic E-state index is 5.94. The quantitative estimate of drug-likeness (QED) is 0.906. The van der Waals surface area contributed by atoms with E-state index in [1.807, 2.05) is 12.1 Å². The van der Waals surface area contributed by atoms with Crippen molar-refractivity contribution >= 4 is 5.82 Å². The normalized spacial score (nSPS) is 17.0. The van der Waals surface area contributed by atoms with Crippen LogP contribution in [0, 0.1) is 0 Å². The van der Waals surface area contributed by atoms with E-state index in [9.17, 15) is 0 Å². The number of aromatic nitrogens is 1. The number of piperidine rings is 1. The van der Waals surface area contributed by atoms with E-state index in [1.54, 1.807) is 6.07 Å². The fourth-order valence-electron chi connectivity index (χ4n) is 2.76. The summed E-state index contributed by atoms with van der Waals surface area (Å²) in [6.07, 6.45) is 2.20. The van der Waals surface area contributed by atoms with Crippen LogP contribution in [0.15, 0.2) is 42.5 Å². The average molecular weight is 282 g/mol. The number of hydrogen-bond donors (Lipinski definition) is 2. The third-order valence-electron chi connectivity index (χ3n) is 4.06. The molecule has 21 heavy (non-hydrogen) atoms. The van der Waals surface area contributed by atoms with Gasteiger partial charge >= 0.3 is 0 Å². The lowest BCUT2D eigenvalue weighted by atomic mass is 10.0. The van der Waals surface area contributed by atoms with Crippen molar-refractivity contribution in [2.45, 2.75) is 25.4 Å². The van der Waals surface area contributed by atoms with Crippen LogP contribution in [0.5, 0.6) is 0 Å². The number of hydrogen-bond acceptors (Lipinski definition) is 4. The van der Waals surface area contributed by atoms with Crippen molar-refractivity contribution in [1.82, 2.24) is 9.88 Å². The lowest BCUT2D eigenvalue weighted by Crippen LogP contribution is -2.39. The van der Waals surface area contributed by atoms with E-state index in [1.165, 1.54) is 5.56 Å². The maximum atomic E-state index is 5.94. The summed E-state index contributed by atoms with van der Waals surface area (Å²) in [5.41, 5.74) is 15.0. The number of likely N-dealkylation sites (tertiary alicyclic amines) is 1. The predicted molar refractivity (Wildman–Crippen MR) is 86.6 cm³/mol. The number of benzene rings is 1. The zero-order valence-electron chi connectivity index (χ0n) is 12.2. The summed E-state index contributed by atoms with van der Waals surface area (Å²) in [6, 6.07) is 14.7. The van der Waals surface area contributed by atoms with Crippen molar-refractivity contribution in [3.63, 3.8) is 0 Å². The highest BCUT2D eigenvalue weighted by molar-refractivity contribution is 5.61. The molecule has 1 aliphatic rings. The molecule has 0 unspecified atom stereocenters. The number of nitrogens with two attached hydrogens (primary N) is 2. The Hall–Kier alpha value is -1.91. The molecule has 0 atom stereocenters. The third kappa shape index (κ3) is 3.60. The molecule has 1 saturated heterocycles. The Kier molecular flexibility index (Phi) is 4.18. The lowest BCUT2D eigenvalue weighted by Gasteiger charge is -2.30. The fraction of sp³-hybridized carbons (Fsp3) is 0.353. The molecule has 2 aromatic rings. The predicted octanol–water partition coefficient (Wildman–Crippen LogP) is 2.25. The van der Waals surface area contributed by atoms with Crippen LogP contribution in [0.2, 0.25) is 0 Å². The van der Waals surface area contributed by atoms with E-state index in [2.05, 4.69) is 34.1 Å². The molecule has 1 fully saturated rings. The van der Waals surface area contributed by atoms with Crippen molar-refractivity contribution in [3.8, 4) is 11.3 Å². The molecule has 0 radical (unpaired) electrons. The van der Waals surface area contributed by atoms with Crippen LogP contribution in [0.1, 0.15) is 18.4 Å². The van der Waals surface area contributed by atoms with Crippen LogP contribution in [-0.4, -0.2) is 29.0 Å². The number of rotatable bonds is 3. The van der Waals surface area contributed by atoms with Crippen LogP contribution in [0.4, 0.5) is 5.82 Å². The summed E-state index contributed by atoms with van der Waals surface area (Å²) < 4.78 is 0. The second kappa shape index (κ2) is 6.24. The molecule has 1 aromatic heterocycles. The molecular formula is C17H22N4. The Balaban J connectivity index is 1.67. The second-order valence-corrected chi connectivity index (χ2v) is 5.76. The van der Waals surface area contributed by atoms with Crippen LogP contribution in [-0.2, 0) is 6.54 Å². The summed E-state index contributed by atoms with van der Waals surface area (Å²) in [5, 5.41) is 0. The highest BCUT2D eigenvalue weighted by Crippen LogP contribution is 2.20. The SMILES string of the molecule is Nc1cccc(-c2ccc(CN3CCC(N)CC3)cc2)n1. The van der Waals surface area contributed by atoms with Gasteiger partial charge in [-0.2, -0.15) is 0 Å². The van der Waals surface area contributed by atoms with Crippen molar-refractivity contribution < 1.29 is 0 Å². The zero-order chi connectivity index (χ0) is 14.7. The van der Waals surface area contributed by atoms with E-state index < -0.39 is 0 Å².